The first-order valence-corrected chi connectivity index (χ1v) is 12.3. The zero-order valence-corrected chi connectivity index (χ0v) is 18.4. The highest BCUT2D eigenvalue weighted by atomic mass is 32.2. The Labute approximate surface area is 179 Å². The average Bonchev–Trinajstić information content (AvgIpc) is 2.80. The Balaban J connectivity index is 1.39. The van der Waals surface area contributed by atoms with Crippen molar-refractivity contribution < 1.29 is 13.2 Å². The summed E-state index contributed by atoms with van der Waals surface area (Å²) in [5.41, 5.74) is 1.89. The molecule has 0 saturated carbocycles. The van der Waals surface area contributed by atoms with E-state index in [0.717, 1.165) is 38.8 Å². The minimum atomic E-state index is -3.48. The Bertz CT molecular complexity index is 957. The maximum Gasteiger partial charge on any atom is 0.253 e. The van der Waals surface area contributed by atoms with Gasteiger partial charge in [-0.05, 0) is 67.3 Å². The molecule has 2 saturated heterocycles. The van der Waals surface area contributed by atoms with Crippen LogP contribution in [0.15, 0.2) is 59.5 Å². The topological polar surface area (TPSA) is 57.7 Å². The maximum atomic E-state index is 12.9. The Kier molecular flexibility index (Phi) is 6.25. The van der Waals surface area contributed by atoms with E-state index in [2.05, 4.69) is 31.2 Å². The molecule has 2 fully saturated rings. The van der Waals surface area contributed by atoms with E-state index in [4.69, 9.17) is 0 Å². The zero-order valence-electron chi connectivity index (χ0n) is 17.5. The quantitative estimate of drug-likeness (QED) is 0.739. The average molecular weight is 427 g/mol. The first kappa shape index (κ1) is 21.1. The smallest absolute Gasteiger partial charge is 0.253 e. The molecule has 160 valence electrons. The highest BCUT2D eigenvalue weighted by Crippen LogP contribution is 2.29. The van der Waals surface area contributed by atoms with Crippen LogP contribution >= 0.6 is 0 Å². The van der Waals surface area contributed by atoms with Crippen LogP contribution in [0.3, 0.4) is 0 Å². The first-order chi connectivity index (χ1) is 14.4. The van der Waals surface area contributed by atoms with Crippen molar-refractivity contribution in [1.82, 2.24) is 9.21 Å². The van der Waals surface area contributed by atoms with Crippen molar-refractivity contribution in [3.63, 3.8) is 0 Å². The molecule has 5 nitrogen and oxygen atoms in total. The van der Waals surface area contributed by atoms with Gasteiger partial charge in [-0.25, -0.2) is 8.42 Å². The molecule has 30 heavy (non-hydrogen) atoms. The van der Waals surface area contributed by atoms with E-state index >= 15 is 0 Å². The van der Waals surface area contributed by atoms with Gasteiger partial charge in [-0.2, -0.15) is 4.31 Å². The van der Waals surface area contributed by atoms with Crippen LogP contribution in [0, 0.1) is 5.92 Å². The number of rotatable bonds is 4. The second kappa shape index (κ2) is 8.90. The van der Waals surface area contributed by atoms with Crippen LogP contribution < -0.4 is 0 Å². The fourth-order valence-electron chi connectivity index (χ4n) is 4.47. The molecule has 0 atom stereocenters. The monoisotopic (exact) mass is 426 g/mol. The zero-order chi connectivity index (χ0) is 21.1. The summed E-state index contributed by atoms with van der Waals surface area (Å²) < 4.78 is 27.3. The van der Waals surface area contributed by atoms with E-state index in [1.165, 1.54) is 5.56 Å². The van der Waals surface area contributed by atoms with Crippen LogP contribution in [0.4, 0.5) is 0 Å². The lowest BCUT2D eigenvalue weighted by molar-refractivity contribution is 0.0713. The van der Waals surface area contributed by atoms with Crippen molar-refractivity contribution in [2.24, 2.45) is 5.92 Å². The second-order valence-electron chi connectivity index (χ2n) is 8.59. The number of likely N-dealkylation sites (tertiary alicyclic amines) is 1. The molecule has 1 amide bonds. The number of hydrogen-bond acceptors (Lipinski definition) is 3. The number of amides is 1. The molecule has 0 bridgehead atoms. The van der Waals surface area contributed by atoms with Crippen molar-refractivity contribution in [1.29, 1.82) is 0 Å². The summed E-state index contributed by atoms with van der Waals surface area (Å²) in [5.74, 6) is 1.05. The molecule has 0 aliphatic carbocycles. The van der Waals surface area contributed by atoms with Gasteiger partial charge in [0.15, 0.2) is 0 Å². The molecule has 2 heterocycles. The number of sulfonamides is 1. The Morgan fingerprint density at radius 2 is 1.43 bits per heavy atom. The van der Waals surface area contributed by atoms with Crippen LogP contribution in [-0.2, 0) is 10.0 Å². The highest BCUT2D eigenvalue weighted by Gasteiger charge is 2.29. The largest absolute Gasteiger partial charge is 0.339 e. The summed E-state index contributed by atoms with van der Waals surface area (Å²) in [5, 5.41) is 0. The van der Waals surface area contributed by atoms with Crippen LogP contribution in [0.1, 0.15) is 54.4 Å². The lowest BCUT2D eigenvalue weighted by atomic mass is 9.89. The standard InChI is InChI=1S/C24H30N2O3S/c1-19-11-17-26(18-12-19)30(28,29)23-9-7-22(8-10-23)24(27)25-15-13-21(14-16-25)20-5-3-2-4-6-20/h2-10,19,21H,11-18H2,1H3. The molecule has 6 heteroatoms. The lowest BCUT2D eigenvalue weighted by Gasteiger charge is -2.32. The van der Waals surface area contributed by atoms with Crippen molar-refractivity contribution in [3.05, 3.63) is 65.7 Å². The molecule has 2 aliphatic rings. The summed E-state index contributed by atoms with van der Waals surface area (Å²) in [7, 11) is -3.48. The second-order valence-corrected chi connectivity index (χ2v) is 10.5. The SMILES string of the molecule is CC1CCN(S(=O)(=O)c2ccc(C(=O)N3CCC(c4ccccc4)CC3)cc2)CC1. The van der Waals surface area contributed by atoms with Gasteiger partial charge < -0.3 is 4.90 Å². The predicted octanol–water partition coefficient (Wildman–Crippen LogP) is 4.13. The van der Waals surface area contributed by atoms with Crippen LogP contribution in [0.2, 0.25) is 0 Å². The highest BCUT2D eigenvalue weighted by molar-refractivity contribution is 7.89. The van der Waals surface area contributed by atoms with Gasteiger partial charge in [0.1, 0.15) is 0 Å². The third-order valence-electron chi connectivity index (χ3n) is 6.53. The Morgan fingerprint density at radius 1 is 0.833 bits per heavy atom. The van der Waals surface area contributed by atoms with Gasteiger partial charge in [0.2, 0.25) is 10.0 Å². The molecular formula is C24H30N2O3S. The normalized spacial score (nSPS) is 19.7. The number of hydrogen-bond donors (Lipinski definition) is 0. The molecule has 0 N–H and O–H groups in total. The van der Waals surface area contributed by atoms with Crippen molar-refractivity contribution >= 4 is 15.9 Å². The number of piperidine rings is 2. The Hall–Kier alpha value is -2.18. The molecule has 0 aromatic heterocycles. The summed E-state index contributed by atoms with van der Waals surface area (Å²) >= 11 is 0. The van der Waals surface area contributed by atoms with Gasteiger partial charge in [0.05, 0.1) is 4.90 Å². The number of benzene rings is 2. The molecule has 4 rings (SSSR count). The van der Waals surface area contributed by atoms with Crippen molar-refractivity contribution in [2.75, 3.05) is 26.2 Å². The molecular weight excluding hydrogens is 396 g/mol. The summed E-state index contributed by atoms with van der Waals surface area (Å²) in [6.07, 6.45) is 3.70. The number of carbonyl (C=O) groups is 1. The number of nitrogens with zero attached hydrogens (tertiary/aromatic N) is 2. The summed E-state index contributed by atoms with van der Waals surface area (Å²) in [6, 6.07) is 16.9. The lowest BCUT2D eigenvalue weighted by Crippen LogP contribution is -2.38. The fraction of sp³-hybridized carbons (Fsp3) is 0.458. The van der Waals surface area contributed by atoms with E-state index in [9.17, 15) is 13.2 Å². The molecule has 2 aliphatic heterocycles. The molecule has 2 aromatic rings. The van der Waals surface area contributed by atoms with Gasteiger partial charge in [0, 0.05) is 31.7 Å². The molecule has 2 aromatic carbocycles. The Morgan fingerprint density at radius 3 is 2.03 bits per heavy atom. The molecule has 0 spiro atoms. The van der Waals surface area contributed by atoms with Gasteiger partial charge in [-0.1, -0.05) is 37.3 Å². The minimum absolute atomic E-state index is 0.0164. The first-order valence-electron chi connectivity index (χ1n) is 10.9. The van der Waals surface area contributed by atoms with Gasteiger partial charge in [-0.3, -0.25) is 4.79 Å². The van der Waals surface area contributed by atoms with Gasteiger partial charge >= 0.3 is 0 Å². The third-order valence-corrected chi connectivity index (χ3v) is 8.45. The van der Waals surface area contributed by atoms with E-state index < -0.39 is 10.0 Å². The van der Waals surface area contributed by atoms with E-state index in [0.29, 0.717) is 30.5 Å². The molecule has 0 unspecified atom stereocenters. The summed E-state index contributed by atoms with van der Waals surface area (Å²) in [4.78, 5) is 15.1. The van der Waals surface area contributed by atoms with Crippen LogP contribution in [0.25, 0.3) is 0 Å². The number of carbonyl (C=O) groups excluding carboxylic acids is 1. The van der Waals surface area contributed by atoms with Crippen molar-refractivity contribution in [2.45, 2.75) is 43.4 Å². The van der Waals surface area contributed by atoms with Crippen molar-refractivity contribution in [3.8, 4) is 0 Å². The van der Waals surface area contributed by atoms with E-state index in [1.54, 1.807) is 28.6 Å². The minimum Gasteiger partial charge on any atom is -0.339 e. The van der Waals surface area contributed by atoms with E-state index in [-0.39, 0.29) is 10.8 Å². The third kappa shape index (κ3) is 4.44. The van der Waals surface area contributed by atoms with Crippen LogP contribution in [0.5, 0.6) is 0 Å². The molecule has 0 radical (unpaired) electrons. The van der Waals surface area contributed by atoms with Crippen LogP contribution in [-0.4, -0.2) is 49.7 Å². The van der Waals surface area contributed by atoms with E-state index in [1.807, 2.05) is 11.0 Å². The fourth-order valence-corrected chi connectivity index (χ4v) is 5.94. The van der Waals surface area contributed by atoms with Gasteiger partial charge in [-0.15, -0.1) is 0 Å². The predicted molar refractivity (Wildman–Crippen MR) is 118 cm³/mol. The summed E-state index contributed by atoms with van der Waals surface area (Å²) in [6.45, 7) is 4.75. The van der Waals surface area contributed by atoms with Gasteiger partial charge in [0.25, 0.3) is 5.91 Å². The maximum absolute atomic E-state index is 12.9.